The van der Waals surface area contributed by atoms with E-state index in [1.807, 2.05) is 54.9 Å². The number of hydrogen-bond donors (Lipinski definition) is 4. The molecule has 1 fully saturated rings. The summed E-state index contributed by atoms with van der Waals surface area (Å²) >= 11 is 7.01. The molecular formula is C34H39ClN8O4. The minimum Gasteiger partial charge on any atom is -0.481 e. The molecule has 1 saturated heterocycles. The van der Waals surface area contributed by atoms with Gasteiger partial charge in [0, 0.05) is 92.9 Å². The van der Waals surface area contributed by atoms with Gasteiger partial charge in [-0.05, 0) is 37.1 Å². The molecule has 2 aliphatic rings. The summed E-state index contributed by atoms with van der Waals surface area (Å²) in [4.78, 5) is 41.1. The Bertz CT molecular complexity index is 1810. The van der Waals surface area contributed by atoms with Crippen molar-refractivity contribution in [2.75, 3.05) is 38.7 Å². The van der Waals surface area contributed by atoms with Gasteiger partial charge in [-0.3, -0.25) is 19.5 Å². The number of nitrogens with one attached hydrogen (secondary N) is 3. The number of hydrogen-bond acceptors (Lipinski definition) is 9. The molecule has 0 spiro atoms. The normalized spacial score (nSPS) is 16.2. The van der Waals surface area contributed by atoms with Gasteiger partial charge in [-0.25, -0.2) is 9.97 Å². The third-order valence-electron chi connectivity index (χ3n) is 8.88. The van der Waals surface area contributed by atoms with Crippen LogP contribution in [0.25, 0.3) is 22.5 Å². The number of nitrogens with zero attached hydrogens (tertiary/aromatic N) is 5. The lowest BCUT2D eigenvalue weighted by atomic mass is 10.0. The standard InChI is InChI=1S/C34H39ClN8O4/c1-20-23(5-4-6-25(20)40-33(46)32-39-27-19-43(15-16-44)14-12-28(27)42(32)2)31-30(35)24(11-13-37-31)26-9-7-21(34(41-26)47-3)17-36-18-22-8-10-29(45)38-22/h4-7,9,11,13,22,36,44H,8,10,12,14-19H2,1-3H3,(H,38,45)(H,40,46)/t22-/m1/s1. The van der Waals surface area contributed by atoms with Gasteiger partial charge < -0.3 is 30.4 Å². The summed E-state index contributed by atoms with van der Waals surface area (Å²) in [6, 6.07) is 11.4. The van der Waals surface area contributed by atoms with E-state index < -0.39 is 0 Å². The zero-order valence-electron chi connectivity index (χ0n) is 26.8. The number of halogens is 1. The van der Waals surface area contributed by atoms with Gasteiger partial charge in [0.05, 0.1) is 35.8 Å². The number of benzene rings is 1. The molecule has 3 aromatic heterocycles. The van der Waals surface area contributed by atoms with Crippen LogP contribution in [0, 0.1) is 6.92 Å². The second kappa shape index (κ2) is 14.2. The Hall–Kier alpha value is -4.36. The molecule has 4 N–H and O–H groups in total. The molecule has 0 radical (unpaired) electrons. The van der Waals surface area contributed by atoms with Crippen molar-refractivity contribution in [2.24, 2.45) is 7.05 Å². The van der Waals surface area contributed by atoms with E-state index in [1.165, 1.54) is 0 Å². The molecule has 0 unspecified atom stereocenters. The highest BCUT2D eigenvalue weighted by atomic mass is 35.5. The summed E-state index contributed by atoms with van der Waals surface area (Å²) in [6.07, 6.45) is 3.86. The number of fused-ring (bicyclic) bond motifs is 1. The van der Waals surface area contributed by atoms with Gasteiger partial charge in [0.1, 0.15) is 0 Å². The molecule has 2 aliphatic heterocycles. The van der Waals surface area contributed by atoms with Crippen LogP contribution in [0.2, 0.25) is 5.02 Å². The number of carbonyl (C=O) groups excluding carboxylic acids is 2. The molecule has 12 nitrogen and oxygen atoms in total. The number of methoxy groups -OCH3 is 1. The first-order valence-corrected chi connectivity index (χ1v) is 16.1. The van der Waals surface area contributed by atoms with Crippen LogP contribution in [0.4, 0.5) is 5.69 Å². The number of rotatable bonds is 11. The molecule has 5 heterocycles. The van der Waals surface area contributed by atoms with E-state index in [9.17, 15) is 14.7 Å². The Labute approximate surface area is 278 Å². The topological polar surface area (TPSA) is 147 Å². The van der Waals surface area contributed by atoms with Gasteiger partial charge >= 0.3 is 0 Å². The highest BCUT2D eigenvalue weighted by molar-refractivity contribution is 6.35. The van der Waals surface area contributed by atoms with Crippen molar-refractivity contribution in [3.63, 3.8) is 0 Å². The Morgan fingerprint density at radius 2 is 2.02 bits per heavy atom. The van der Waals surface area contributed by atoms with Crippen LogP contribution >= 0.6 is 11.6 Å². The smallest absolute Gasteiger partial charge is 0.291 e. The summed E-state index contributed by atoms with van der Waals surface area (Å²) in [5, 5.41) is 19.1. The lowest BCUT2D eigenvalue weighted by Crippen LogP contribution is -2.35. The maximum atomic E-state index is 13.5. The lowest BCUT2D eigenvalue weighted by Gasteiger charge is -2.25. The minimum atomic E-state index is -0.303. The van der Waals surface area contributed by atoms with Gasteiger partial charge in [0.2, 0.25) is 11.8 Å². The van der Waals surface area contributed by atoms with Crippen molar-refractivity contribution < 1.29 is 19.4 Å². The number of aliphatic hydroxyl groups excluding tert-OH is 1. The van der Waals surface area contributed by atoms with Crippen molar-refractivity contribution in [1.82, 2.24) is 35.1 Å². The second-order valence-electron chi connectivity index (χ2n) is 11.9. The van der Waals surface area contributed by atoms with Crippen LogP contribution in [-0.2, 0) is 31.4 Å². The van der Waals surface area contributed by atoms with Crippen molar-refractivity contribution in [3.8, 4) is 28.4 Å². The lowest BCUT2D eigenvalue weighted by molar-refractivity contribution is -0.119. The number of anilines is 1. The van der Waals surface area contributed by atoms with E-state index in [0.29, 0.717) is 72.0 Å². The third kappa shape index (κ3) is 6.86. The van der Waals surface area contributed by atoms with Crippen LogP contribution in [-0.4, -0.2) is 80.7 Å². The number of aromatic nitrogens is 4. The van der Waals surface area contributed by atoms with Gasteiger partial charge in [-0.1, -0.05) is 29.8 Å². The summed E-state index contributed by atoms with van der Waals surface area (Å²) in [5.74, 6) is 0.615. The monoisotopic (exact) mass is 658 g/mol. The average Bonchev–Trinajstić information content (AvgIpc) is 3.64. The minimum absolute atomic E-state index is 0.0890. The molecule has 0 aliphatic carbocycles. The SMILES string of the molecule is COc1nc(-c2ccnc(-c3cccc(NC(=O)c4nc5c(n4C)CCN(CCO)C5)c3C)c2Cl)ccc1CNC[C@H]1CCC(=O)N1. The highest BCUT2D eigenvalue weighted by Crippen LogP contribution is 2.38. The fourth-order valence-corrected chi connectivity index (χ4v) is 6.61. The average molecular weight is 659 g/mol. The molecule has 246 valence electrons. The quantitative estimate of drug-likeness (QED) is 0.190. The molecule has 1 atom stereocenters. The number of imidazole rings is 1. The van der Waals surface area contributed by atoms with E-state index >= 15 is 0 Å². The van der Waals surface area contributed by atoms with E-state index in [1.54, 1.807) is 13.3 Å². The first kappa shape index (κ1) is 32.6. The molecule has 6 rings (SSSR count). The summed E-state index contributed by atoms with van der Waals surface area (Å²) in [7, 11) is 3.45. The molecular weight excluding hydrogens is 620 g/mol. The van der Waals surface area contributed by atoms with Crippen molar-refractivity contribution in [2.45, 2.75) is 45.3 Å². The van der Waals surface area contributed by atoms with Gasteiger partial charge in [-0.15, -0.1) is 0 Å². The number of aliphatic hydroxyl groups is 1. The van der Waals surface area contributed by atoms with Crippen LogP contribution in [0.1, 0.15) is 46.0 Å². The summed E-state index contributed by atoms with van der Waals surface area (Å²) in [6.45, 7) is 5.22. The number of carbonyl (C=O) groups is 2. The van der Waals surface area contributed by atoms with Crippen molar-refractivity contribution in [1.29, 1.82) is 0 Å². The fraction of sp³-hybridized carbons (Fsp3) is 0.382. The van der Waals surface area contributed by atoms with Crippen molar-refractivity contribution >= 4 is 29.1 Å². The largest absolute Gasteiger partial charge is 0.481 e. The highest BCUT2D eigenvalue weighted by Gasteiger charge is 2.26. The number of pyridine rings is 2. The Morgan fingerprint density at radius 3 is 2.79 bits per heavy atom. The van der Waals surface area contributed by atoms with Crippen LogP contribution in [0.15, 0.2) is 42.6 Å². The van der Waals surface area contributed by atoms with Gasteiger partial charge in [0.25, 0.3) is 5.91 Å². The first-order chi connectivity index (χ1) is 22.8. The predicted molar refractivity (Wildman–Crippen MR) is 179 cm³/mol. The molecule has 1 aromatic carbocycles. The Kier molecular flexibility index (Phi) is 9.83. The second-order valence-corrected chi connectivity index (χ2v) is 12.3. The van der Waals surface area contributed by atoms with Crippen LogP contribution in [0.3, 0.4) is 0 Å². The molecule has 4 aromatic rings. The van der Waals surface area contributed by atoms with Crippen LogP contribution < -0.4 is 20.7 Å². The van der Waals surface area contributed by atoms with E-state index in [2.05, 4.69) is 30.8 Å². The van der Waals surface area contributed by atoms with Gasteiger partial charge in [0.15, 0.2) is 5.82 Å². The number of amides is 2. The molecule has 0 saturated carbocycles. The summed E-state index contributed by atoms with van der Waals surface area (Å²) < 4.78 is 7.48. The Balaban J connectivity index is 1.20. The van der Waals surface area contributed by atoms with E-state index in [0.717, 1.165) is 47.5 Å². The molecule has 2 amide bonds. The molecule has 0 bridgehead atoms. The zero-order valence-corrected chi connectivity index (χ0v) is 27.5. The fourth-order valence-electron chi connectivity index (χ4n) is 6.29. The predicted octanol–water partition coefficient (Wildman–Crippen LogP) is 3.49. The zero-order chi connectivity index (χ0) is 33.1. The van der Waals surface area contributed by atoms with Crippen molar-refractivity contribution in [3.05, 3.63) is 76.0 Å². The van der Waals surface area contributed by atoms with Gasteiger partial charge in [-0.2, -0.15) is 0 Å². The Morgan fingerprint density at radius 1 is 1.17 bits per heavy atom. The maximum Gasteiger partial charge on any atom is 0.291 e. The van der Waals surface area contributed by atoms with E-state index in [-0.39, 0.29) is 24.5 Å². The number of ether oxygens (including phenoxy) is 1. The maximum absolute atomic E-state index is 13.5. The third-order valence-corrected chi connectivity index (χ3v) is 9.26. The van der Waals surface area contributed by atoms with Crippen LogP contribution in [0.5, 0.6) is 5.88 Å². The summed E-state index contributed by atoms with van der Waals surface area (Å²) in [5.41, 5.74) is 6.92. The van der Waals surface area contributed by atoms with E-state index in [4.69, 9.17) is 21.3 Å². The first-order valence-electron chi connectivity index (χ1n) is 15.7. The molecule has 13 heteroatoms. The molecule has 47 heavy (non-hydrogen) atoms. The number of β-amino-alcohol motifs (C(OH)–C–C–N with tert-alkyl or cyclic N) is 1.